The Morgan fingerprint density at radius 2 is 1.74 bits per heavy atom. The summed E-state index contributed by atoms with van der Waals surface area (Å²) in [7, 11) is -0.280. The molecule has 5 nitrogen and oxygen atoms in total. The van der Waals surface area contributed by atoms with Gasteiger partial charge in [-0.25, -0.2) is 0 Å². The minimum Gasteiger partial charge on any atom is -0.414 e. The van der Waals surface area contributed by atoms with Crippen molar-refractivity contribution in [3.05, 3.63) is 71.9 Å². The second-order valence-electron chi connectivity index (χ2n) is 11.2. The van der Waals surface area contributed by atoms with Crippen LogP contribution < -0.4 is 0 Å². The lowest BCUT2D eigenvalue weighted by atomic mass is 9.91. The highest BCUT2D eigenvalue weighted by Gasteiger charge is 2.41. The Morgan fingerprint density at radius 3 is 2.43 bits per heavy atom. The number of nitrogens with zero attached hydrogens (tertiary/aromatic N) is 2. The maximum absolute atomic E-state index is 13.6. The van der Waals surface area contributed by atoms with E-state index in [1.165, 1.54) is 10.9 Å². The third-order valence-electron chi connectivity index (χ3n) is 7.87. The minimum atomic E-state index is -2.00. The van der Waals surface area contributed by atoms with E-state index in [4.69, 9.17) is 9.16 Å². The van der Waals surface area contributed by atoms with Gasteiger partial charge in [0.15, 0.2) is 8.32 Å². The number of aromatic nitrogens is 1. The van der Waals surface area contributed by atoms with Gasteiger partial charge in [0.2, 0.25) is 5.91 Å². The molecule has 2 heterocycles. The Morgan fingerprint density at radius 1 is 1.06 bits per heavy atom. The quantitative estimate of drug-likeness (QED) is 0.316. The van der Waals surface area contributed by atoms with Crippen molar-refractivity contribution in [1.82, 2.24) is 9.47 Å². The smallest absolute Gasteiger partial charge is 0.223 e. The highest BCUT2D eigenvalue weighted by molar-refractivity contribution is 6.74. The molecule has 35 heavy (non-hydrogen) atoms. The molecule has 188 valence electrons. The topological polar surface area (TPSA) is 43.7 Å². The number of ether oxygens (including phenoxy) is 1. The molecule has 1 aliphatic heterocycles. The Labute approximate surface area is 211 Å². The monoisotopic (exact) mass is 492 g/mol. The maximum atomic E-state index is 13.6. The number of piperidine rings is 1. The number of carbonyl (C=O) groups is 1. The van der Waals surface area contributed by atoms with E-state index in [-0.39, 0.29) is 23.0 Å². The van der Waals surface area contributed by atoms with Crippen LogP contribution in [-0.4, -0.2) is 37.4 Å². The molecule has 0 bridgehead atoms. The predicted octanol–water partition coefficient (Wildman–Crippen LogP) is 7.06. The summed E-state index contributed by atoms with van der Waals surface area (Å²) in [6, 6.07) is 18.7. The first kappa shape index (κ1) is 25.7. The van der Waals surface area contributed by atoms with E-state index in [0.717, 1.165) is 23.9 Å². The predicted molar refractivity (Wildman–Crippen MR) is 145 cm³/mol. The number of amides is 1. The Balaban J connectivity index is 1.78. The molecule has 1 saturated heterocycles. The van der Waals surface area contributed by atoms with Crippen molar-refractivity contribution < 1.29 is 14.0 Å². The lowest BCUT2D eigenvalue weighted by molar-refractivity contribution is -0.141. The SMILES string of the molecule is COCn1cc([C@H]2CCCC(=O)N2[C@@H](CO[Si](C)(C)C(C)(C)C)c2ccccc2)c2ccccc21. The molecular formula is C29H40N2O3Si. The number of carbonyl (C=O) groups excluding carboxylic acids is 1. The second kappa shape index (κ2) is 10.3. The van der Waals surface area contributed by atoms with E-state index < -0.39 is 8.32 Å². The molecule has 1 amide bonds. The summed E-state index contributed by atoms with van der Waals surface area (Å²) in [5.41, 5.74) is 3.46. The highest BCUT2D eigenvalue weighted by Crippen LogP contribution is 2.43. The van der Waals surface area contributed by atoms with Crippen LogP contribution >= 0.6 is 0 Å². The van der Waals surface area contributed by atoms with E-state index in [9.17, 15) is 4.79 Å². The molecule has 0 saturated carbocycles. The summed E-state index contributed by atoms with van der Waals surface area (Å²) in [5.74, 6) is 0.206. The Hall–Kier alpha value is -2.41. The van der Waals surface area contributed by atoms with E-state index in [1.807, 2.05) is 6.07 Å². The van der Waals surface area contributed by atoms with Gasteiger partial charge in [-0.2, -0.15) is 0 Å². The van der Waals surface area contributed by atoms with Gasteiger partial charge < -0.3 is 18.6 Å². The van der Waals surface area contributed by atoms with Crippen LogP contribution in [0.1, 0.15) is 63.2 Å². The first-order valence-corrected chi connectivity index (χ1v) is 15.6. The van der Waals surface area contributed by atoms with Gasteiger partial charge >= 0.3 is 0 Å². The normalized spacial score (nSPS) is 18.3. The lowest BCUT2D eigenvalue weighted by Gasteiger charge is -2.44. The zero-order chi connectivity index (χ0) is 25.2. The third-order valence-corrected chi connectivity index (χ3v) is 12.4. The molecule has 4 rings (SSSR count). The average Bonchev–Trinajstić information content (AvgIpc) is 3.19. The van der Waals surface area contributed by atoms with Crippen LogP contribution in [0.4, 0.5) is 0 Å². The molecule has 0 spiro atoms. The van der Waals surface area contributed by atoms with Gasteiger partial charge in [-0.3, -0.25) is 4.79 Å². The van der Waals surface area contributed by atoms with Gasteiger partial charge in [-0.15, -0.1) is 0 Å². The number of para-hydroxylation sites is 1. The van der Waals surface area contributed by atoms with Crippen molar-refractivity contribution in [3.8, 4) is 0 Å². The molecule has 1 fully saturated rings. The molecule has 1 aromatic heterocycles. The summed E-state index contributed by atoms with van der Waals surface area (Å²) >= 11 is 0. The number of hydrogen-bond acceptors (Lipinski definition) is 3. The van der Waals surface area contributed by atoms with Crippen LogP contribution in [0.5, 0.6) is 0 Å². The largest absolute Gasteiger partial charge is 0.414 e. The van der Waals surface area contributed by atoms with Crippen LogP contribution in [0.15, 0.2) is 60.8 Å². The van der Waals surface area contributed by atoms with E-state index in [0.29, 0.717) is 19.8 Å². The van der Waals surface area contributed by atoms with Crippen molar-refractivity contribution in [2.24, 2.45) is 0 Å². The number of benzene rings is 2. The third kappa shape index (κ3) is 5.25. The lowest BCUT2D eigenvalue weighted by Crippen LogP contribution is -2.46. The highest BCUT2D eigenvalue weighted by atomic mass is 28.4. The molecule has 1 aliphatic rings. The van der Waals surface area contributed by atoms with Crippen molar-refractivity contribution in [2.75, 3.05) is 13.7 Å². The van der Waals surface area contributed by atoms with Gasteiger partial charge in [0.1, 0.15) is 6.73 Å². The van der Waals surface area contributed by atoms with Crippen molar-refractivity contribution >= 4 is 25.1 Å². The first-order chi connectivity index (χ1) is 16.6. The molecule has 0 N–H and O–H groups in total. The number of fused-ring (bicyclic) bond motifs is 1. The number of rotatable bonds is 8. The van der Waals surface area contributed by atoms with Crippen molar-refractivity contribution in [3.63, 3.8) is 0 Å². The van der Waals surface area contributed by atoms with E-state index in [1.54, 1.807) is 7.11 Å². The van der Waals surface area contributed by atoms with Gasteiger partial charge in [-0.05, 0) is 42.6 Å². The molecule has 0 unspecified atom stereocenters. The fraction of sp³-hybridized carbons (Fsp3) is 0.483. The van der Waals surface area contributed by atoms with Gasteiger partial charge in [0, 0.05) is 30.7 Å². The zero-order valence-electron chi connectivity index (χ0n) is 22.1. The van der Waals surface area contributed by atoms with Crippen LogP contribution in [0.2, 0.25) is 18.1 Å². The van der Waals surface area contributed by atoms with Gasteiger partial charge in [0.05, 0.1) is 24.2 Å². The van der Waals surface area contributed by atoms with Crippen molar-refractivity contribution in [1.29, 1.82) is 0 Å². The Bertz CT molecular complexity index is 1150. The van der Waals surface area contributed by atoms with Crippen LogP contribution in [0.25, 0.3) is 10.9 Å². The molecule has 0 radical (unpaired) electrons. The number of hydrogen-bond donors (Lipinski definition) is 0. The fourth-order valence-electron chi connectivity index (χ4n) is 4.89. The van der Waals surface area contributed by atoms with Crippen LogP contribution in [-0.2, 0) is 20.7 Å². The molecule has 2 aromatic carbocycles. The number of likely N-dealkylation sites (tertiary alicyclic amines) is 1. The van der Waals surface area contributed by atoms with E-state index >= 15 is 0 Å². The first-order valence-electron chi connectivity index (χ1n) is 12.7. The fourth-order valence-corrected chi connectivity index (χ4v) is 5.90. The van der Waals surface area contributed by atoms with Crippen LogP contribution in [0.3, 0.4) is 0 Å². The van der Waals surface area contributed by atoms with Gasteiger partial charge in [0.25, 0.3) is 0 Å². The van der Waals surface area contributed by atoms with E-state index in [2.05, 4.69) is 98.1 Å². The molecule has 3 aromatic rings. The van der Waals surface area contributed by atoms with Crippen molar-refractivity contribution in [2.45, 2.75) is 77.0 Å². The maximum Gasteiger partial charge on any atom is 0.223 e. The summed E-state index contributed by atoms with van der Waals surface area (Å²) in [4.78, 5) is 15.8. The Kier molecular flexibility index (Phi) is 7.55. The minimum absolute atomic E-state index is 0.00696. The number of methoxy groups -OCH3 is 1. The summed E-state index contributed by atoms with van der Waals surface area (Å²) in [6.45, 7) is 12.3. The molecule has 2 atom stereocenters. The molecular weight excluding hydrogens is 452 g/mol. The average molecular weight is 493 g/mol. The van der Waals surface area contributed by atoms with Gasteiger partial charge in [-0.1, -0.05) is 69.3 Å². The summed E-state index contributed by atoms with van der Waals surface area (Å²) < 4.78 is 14.4. The standard InChI is InChI=1S/C29H40N2O3Si/c1-29(2,3)35(5,6)34-20-27(22-13-8-7-9-14-22)31-26(17-12-18-28(31)32)24-19-30(21-33-4)25-16-11-10-15-23(24)25/h7-11,13-16,19,26-27H,12,17-18,20-21H2,1-6H3/t26-,27+/m1/s1. The molecule has 6 heteroatoms. The second-order valence-corrected chi connectivity index (χ2v) is 16.0. The molecule has 0 aliphatic carbocycles. The summed E-state index contributed by atoms with van der Waals surface area (Å²) in [6.07, 6.45) is 4.60. The summed E-state index contributed by atoms with van der Waals surface area (Å²) in [5, 5.41) is 1.29. The zero-order valence-corrected chi connectivity index (χ0v) is 23.1. The van der Waals surface area contributed by atoms with Crippen LogP contribution in [0, 0.1) is 0 Å².